The third-order valence-corrected chi connectivity index (χ3v) is 5.66. The van der Waals surface area contributed by atoms with Crippen LogP contribution in [-0.2, 0) is 4.79 Å². The number of nitrogens with two attached hydrogens (primary N) is 1. The normalized spacial score (nSPS) is 38.5. The van der Waals surface area contributed by atoms with E-state index in [0.29, 0.717) is 30.3 Å². The molecule has 2 aliphatic rings. The molecule has 2 saturated carbocycles. The Bertz CT molecular complexity index is 318. The van der Waals surface area contributed by atoms with E-state index in [1.807, 2.05) is 0 Å². The van der Waals surface area contributed by atoms with Gasteiger partial charge in [0.05, 0.1) is 0 Å². The lowest BCUT2D eigenvalue weighted by atomic mass is 9.78. The van der Waals surface area contributed by atoms with E-state index in [4.69, 9.17) is 5.73 Å². The summed E-state index contributed by atoms with van der Waals surface area (Å²) in [6.07, 6.45) is 10.2. The van der Waals surface area contributed by atoms with Crippen molar-refractivity contribution in [3.8, 4) is 0 Å². The van der Waals surface area contributed by atoms with Crippen molar-refractivity contribution in [1.82, 2.24) is 5.32 Å². The molecule has 3 N–H and O–H groups in total. The Hall–Kier alpha value is -0.570. The fourth-order valence-corrected chi connectivity index (χ4v) is 3.99. The predicted molar refractivity (Wildman–Crippen MR) is 83.3 cm³/mol. The molecule has 0 aromatic carbocycles. The maximum Gasteiger partial charge on any atom is 0.220 e. The van der Waals surface area contributed by atoms with Gasteiger partial charge in [-0.3, -0.25) is 4.79 Å². The Balaban J connectivity index is 1.69. The second-order valence-corrected chi connectivity index (χ2v) is 7.27. The average Bonchev–Trinajstić information content (AvgIpc) is 2.42. The summed E-state index contributed by atoms with van der Waals surface area (Å²) in [4.78, 5) is 12.1. The Kier molecular flexibility index (Phi) is 5.88. The van der Waals surface area contributed by atoms with Crippen LogP contribution in [0.15, 0.2) is 0 Å². The Morgan fingerprint density at radius 1 is 1.15 bits per heavy atom. The number of carbonyl (C=O) groups is 1. The molecule has 20 heavy (non-hydrogen) atoms. The van der Waals surface area contributed by atoms with Gasteiger partial charge >= 0.3 is 0 Å². The lowest BCUT2D eigenvalue weighted by Crippen LogP contribution is -2.43. The Morgan fingerprint density at radius 2 is 1.90 bits per heavy atom. The van der Waals surface area contributed by atoms with Crippen LogP contribution < -0.4 is 11.1 Å². The topological polar surface area (TPSA) is 55.1 Å². The van der Waals surface area contributed by atoms with Crippen molar-refractivity contribution >= 4 is 5.91 Å². The number of rotatable bonds is 4. The van der Waals surface area contributed by atoms with Crippen LogP contribution in [0.1, 0.15) is 71.6 Å². The van der Waals surface area contributed by atoms with Gasteiger partial charge < -0.3 is 11.1 Å². The van der Waals surface area contributed by atoms with Gasteiger partial charge in [-0.1, -0.05) is 39.5 Å². The minimum atomic E-state index is 0.259. The Labute approximate surface area is 124 Å². The lowest BCUT2D eigenvalue weighted by Gasteiger charge is -2.34. The first kappa shape index (κ1) is 15.8. The van der Waals surface area contributed by atoms with Gasteiger partial charge in [0.1, 0.15) is 0 Å². The van der Waals surface area contributed by atoms with Gasteiger partial charge in [-0.2, -0.15) is 0 Å². The van der Waals surface area contributed by atoms with Crippen molar-refractivity contribution in [2.24, 2.45) is 23.5 Å². The molecule has 0 aliphatic heterocycles. The van der Waals surface area contributed by atoms with E-state index >= 15 is 0 Å². The largest absolute Gasteiger partial charge is 0.353 e. The third-order valence-electron chi connectivity index (χ3n) is 5.66. The molecule has 5 unspecified atom stereocenters. The molecule has 5 atom stereocenters. The highest BCUT2D eigenvalue weighted by Crippen LogP contribution is 2.30. The van der Waals surface area contributed by atoms with Crippen molar-refractivity contribution < 1.29 is 4.79 Å². The third kappa shape index (κ3) is 4.47. The van der Waals surface area contributed by atoms with Crippen LogP contribution in [0.4, 0.5) is 0 Å². The molecule has 3 heteroatoms. The lowest BCUT2D eigenvalue weighted by molar-refractivity contribution is -0.122. The zero-order valence-corrected chi connectivity index (χ0v) is 13.2. The smallest absolute Gasteiger partial charge is 0.220 e. The van der Waals surface area contributed by atoms with Crippen LogP contribution in [0.25, 0.3) is 0 Å². The number of nitrogens with one attached hydrogen (secondary N) is 1. The zero-order chi connectivity index (χ0) is 14.5. The summed E-state index contributed by atoms with van der Waals surface area (Å²) in [7, 11) is 0. The van der Waals surface area contributed by atoms with Crippen LogP contribution in [0.3, 0.4) is 0 Å². The molecule has 0 bridgehead atoms. The van der Waals surface area contributed by atoms with Gasteiger partial charge in [0, 0.05) is 18.5 Å². The monoisotopic (exact) mass is 280 g/mol. The summed E-state index contributed by atoms with van der Waals surface area (Å²) in [5.41, 5.74) is 6.01. The van der Waals surface area contributed by atoms with E-state index in [1.54, 1.807) is 0 Å². The molecule has 0 aromatic rings. The maximum absolute atomic E-state index is 12.1. The number of carbonyl (C=O) groups excluding carboxylic acids is 1. The highest BCUT2D eigenvalue weighted by Gasteiger charge is 2.28. The first-order valence-electron chi connectivity index (χ1n) is 8.61. The van der Waals surface area contributed by atoms with Crippen molar-refractivity contribution in [3.05, 3.63) is 0 Å². The SMILES string of the molecule is CC1CCCC(NC(=O)CCC2CCCC(N)C2)C1C. The van der Waals surface area contributed by atoms with E-state index in [9.17, 15) is 4.79 Å². The number of hydrogen-bond acceptors (Lipinski definition) is 2. The molecule has 2 fully saturated rings. The summed E-state index contributed by atoms with van der Waals surface area (Å²) in [5.74, 6) is 2.29. The van der Waals surface area contributed by atoms with E-state index in [-0.39, 0.29) is 5.91 Å². The van der Waals surface area contributed by atoms with Crippen LogP contribution in [0, 0.1) is 17.8 Å². The van der Waals surface area contributed by atoms with Gasteiger partial charge in [-0.15, -0.1) is 0 Å². The average molecular weight is 280 g/mol. The second kappa shape index (κ2) is 7.44. The zero-order valence-electron chi connectivity index (χ0n) is 13.2. The van der Waals surface area contributed by atoms with Crippen molar-refractivity contribution in [2.75, 3.05) is 0 Å². The van der Waals surface area contributed by atoms with Crippen molar-refractivity contribution in [3.63, 3.8) is 0 Å². The molecular weight excluding hydrogens is 248 g/mol. The van der Waals surface area contributed by atoms with E-state index in [1.165, 1.54) is 32.1 Å². The van der Waals surface area contributed by atoms with E-state index < -0.39 is 0 Å². The van der Waals surface area contributed by atoms with Gasteiger partial charge in [0.25, 0.3) is 0 Å². The quantitative estimate of drug-likeness (QED) is 0.830. The van der Waals surface area contributed by atoms with Gasteiger partial charge in [0.15, 0.2) is 0 Å². The molecule has 2 aliphatic carbocycles. The summed E-state index contributed by atoms with van der Waals surface area (Å²) < 4.78 is 0. The molecule has 1 amide bonds. The molecule has 116 valence electrons. The van der Waals surface area contributed by atoms with E-state index in [0.717, 1.165) is 25.2 Å². The first-order valence-corrected chi connectivity index (χ1v) is 8.61. The number of amides is 1. The van der Waals surface area contributed by atoms with Crippen LogP contribution in [0.5, 0.6) is 0 Å². The summed E-state index contributed by atoms with van der Waals surface area (Å²) >= 11 is 0. The van der Waals surface area contributed by atoms with Crippen molar-refractivity contribution in [1.29, 1.82) is 0 Å². The minimum absolute atomic E-state index is 0.259. The molecule has 0 spiro atoms. The molecule has 0 heterocycles. The molecular formula is C17H32N2O. The first-order chi connectivity index (χ1) is 9.56. The van der Waals surface area contributed by atoms with E-state index in [2.05, 4.69) is 19.2 Å². The molecule has 0 radical (unpaired) electrons. The molecule has 0 aromatic heterocycles. The summed E-state index contributed by atoms with van der Waals surface area (Å²) in [5, 5.41) is 3.28. The van der Waals surface area contributed by atoms with Gasteiger partial charge in [-0.05, 0) is 43.4 Å². The van der Waals surface area contributed by atoms with Crippen LogP contribution in [-0.4, -0.2) is 18.0 Å². The fourth-order valence-electron chi connectivity index (χ4n) is 3.99. The maximum atomic E-state index is 12.1. The molecule has 2 rings (SSSR count). The fraction of sp³-hybridized carbons (Fsp3) is 0.941. The van der Waals surface area contributed by atoms with Gasteiger partial charge in [0.2, 0.25) is 5.91 Å². The highest BCUT2D eigenvalue weighted by atomic mass is 16.1. The second-order valence-electron chi connectivity index (χ2n) is 7.27. The summed E-state index contributed by atoms with van der Waals surface area (Å²) in [6.45, 7) is 4.60. The minimum Gasteiger partial charge on any atom is -0.353 e. The number of hydrogen-bond donors (Lipinski definition) is 2. The van der Waals surface area contributed by atoms with Crippen molar-refractivity contribution in [2.45, 2.75) is 83.7 Å². The molecule has 3 nitrogen and oxygen atoms in total. The van der Waals surface area contributed by atoms with Gasteiger partial charge in [-0.25, -0.2) is 0 Å². The van der Waals surface area contributed by atoms with Crippen LogP contribution >= 0.6 is 0 Å². The van der Waals surface area contributed by atoms with Crippen LogP contribution in [0.2, 0.25) is 0 Å². The predicted octanol–water partition coefficient (Wildman–Crippen LogP) is 3.23. The summed E-state index contributed by atoms with van der Waals surface area (Å²) in [6, 6.07) is 0.774. The highest BCUT2D eigenvalue weighted by molar-refractivity contribution is 5.76. The Morgan fingerprint density at radius 3 is 2.65 bits per heavy atom. The standard InChI is InChI=1S/C17H32N2O/c1-12-5-3-8-16(13(12)2)19-17(20)10-9-14-6-4-7-15(18)11-14/h12-16H,3-11,18H2,1-2H3,(H,19,20). The molecule has 0 saturated heterocycles.